The fourth-order valence-corrected chi connectivity index (χ4v) is 7.31. The summed E-state index contributed by atoms with van der Waals surface area (Å²) in [5.74, 6) is 2.86. The Morgan fingerprint density at radius 2 is 1.69 bits per heavy atom. The first kappa shape index (κ1) is 17.5. The number of hydrogen-bond donors (Lipinski definition) is 1. The zero-order chi connectivity index (χ0) is 19.6. The molecule has 29 heavy (non-hydrogen) atoms. The Hall–Kier alpha value is -2.30. The van der Waals surface area contributed by atoms with Gasteiger partial charge in [-0.3, -0.25) is 14.7 Å². The molecule has 5 heteroatoms. The number of nitrogens with one attached hydrogen (secondary N) is 1. The Kier molecular flexibility index (Phi) is 3.84. The molecule has 1 N–H and O–H groups in total. The molecule has 5 nitrogen and oxygen atoms in total. The number of hydrogen-bond acceptors (Lipinski definition) is 2. The molecule has 0 unspecified atom stereocenters. The number of rotatable bonds is 3. The number of carbonyl (C=O) groups excluding carboxylic acids is 1. The third-order valence-corrected chi connectivity index (χ3v) is 8.11. The lowest BCUT2D eigenvalue weighted by Crippen LogP contribution is -2.49. The van der Waals surface area contributed by atoms with Crippen LogP contribution in [-0.2, 0) is 17.8 Å². The van der Waals surface area contributed by atoms with E-state index in [0.717, 1.165) is 41.1 Å². The van der Waals surface area contributed by atoms with E-state index in [4.69, 9.17) is 0 Å². The van der Waals surface area contributed by atoms with Gasteiger partial charge in [0.2, 0.25) is 5.91 Å². The number of aromatic nitrogens is 2. The molecule has 2 heterocycles. The normalized spacial score (nSPS) is 32.4. The van der Waals surface area contributed by atoms with Crippen molar-refractivity contribution in [3.63, 3.8) is 0 Å². The Balaban J connectivity index is 1.21. The molecule has 4 saturated carbocycles. The molecule has 2 aromatic rings. The van der Waals surface area contributed by atoms with Gasteiger partial charge in [0.25, 0.3) is 5.56 Å². The van der Waals surface area contributed by atoms with Gasteiger partial charge in [-0.05, 0) is 73.8 Å². The smallest absolute Gasteiger partial charge is 0.276 e. The largest absolute Gasteiger partial charge is 0.338 e. The van der Waals surface area contributed by atoms with E-state index < -0.39 is 0 Å². The summed E-state index contributed by atoms with van der Waals surface area (Å²) in [6.07, 6.45) is 9.42. The maximum atomic E-state index is 13.3. The van der Waals surface area contributed by atoms with E-state index in [9.17, 15) is 9.59 Å². The van der Waals surface area contributed by atoms with Gasteiger partial charge in [-0.2, -0.15) is 0 Å². The van der Waals surface area contributed by atoms with Crippen molar-refractivity contribution in [2.75, 3.05) is 6.54 Å². The van der Waals surface area contributed by atoms with Crippen molar-refractivity contribution in [1.82, 2.24) is 14.7 Å². The van der Waals surface area contributed by atoms with Crippen molar-refractivity contribution >= 4 is 5.91 Å². The molecule has 4 fully saturated rings. The van der Waals surface area contributed by atoms with Crippen molar-refractivity contribution in [3.05, 3.63) is 51.9 Å². The van der Waals surface area contributed by atoms with E-state index in [1.807, 2.05) is 35.2 Å². The van der Waals surface area contributed by atoms with Crippen molar-refractivity contribution in [2.45, 2.75) is 57.9 Å². The van der Waals surface area contributed by atoms with Crippen LogP contribution in [-0.4, -0.2) is 27.1 Å². The van der Waals surface area contributed by atoms with Gasteiger partial charge in [0.1, 0.15) is 0 Å². The molecule has 0 spiro atoms. The fourth-order valence-electron chi connectivity index (χ4n) is 7.31. The highest BCUT2D eigenvalue weighted by atomic mass is 16.2. The molecule has 0 saturated heterocycles. The maximum Gasteiger partial charge on any atom is 0.276 e. The number of amides is 1. The summed E-state index contributed by atoms with van der Waals surface area (Å²) in [4.78, 5) is 28.2. The summed E-state index contributed by atoms with van der Waals surface area (Å²) in [5.41, 5.74) is 2.84. The standard InChI is InChI=1S/C24H29N3O2/c28-22(14-24-11-16-8-17(12-24)10-18(9-16)13-24)26-7-6-21-20(15-26)23(29)27(25-21)19-4-2-1-3-5-19/h1-5,16-18,25H,6-15H2. The van der Waals surface area contributed by atoms with Crippen LogP contribution in [0.1, 0.15) is 56.2 Å². The molecule has 1 amide bonds. The first-order chi connectivity index (χ1) is 14.1. The van der Waals surface area contributed by atoms with Crippen LogP contribution in [0, 0.1) is 23.2 Å². The Morgan fingerprint density at radius 1 is 1.03 bits per heavy atom. The van der Waals surface area contributed by atoms with Crippen LogP contribution in [0.15, 0.2) is 35.1 Å². The molecule has 4 bridgehead atoms. The second-order valence-corrected chi connectivity index (χ2v) is 10.2. The lowest BCUT2D eigenvalue weighted by Gasteiger charge is -2.57. The van der Waals surface area contributed by atoms with Gasteiger partial charge in [-0.25, -0.2) is 4.68 Å². The highest BCUT2D eigenvalue weighted by molar-refractivity contribution is 5.77. The monoisotopic (exact) mass is 391 g/mol. The van der Waals surface area contributed by atoms with Gasteiger partial charge < -0.3 is 4.90 Å². The number of benzene rings is 1. The molecule has 5 aliphatic rings. The number of carbonyl (C=O) groups is 1. The fraction of sp³-hybridized carbons (Fsp3) is 0.583. The van der Waals surface area contributed by atoms with E-state index >= 15 is 0 Å². The third kappa shape index (κ3) is 2.89. The summed E-state index contributed by atoms with van der Waals surface area (Å²) >= 11 is 0. The molecular weight excluding hydrogens is 362 g/mol. The summed E-state index contributed by atoms with van der Waals surface area (Å²) in [7, 11) is 0. The topological polar surface area (TPSA) is 58.1 Å². The summed E-state index contributed by atoms with van der Waals surface area (Å²) in [6.45, 7) is 1.17. The molecule has 1 aromatic heterocycles. The molecule has 1 aliphatic heterocycles. The van der Waals surface area contributed by atoms with Crippen LogP contribution >= 0.6 is 0 Å². The van der Waals surface area contributed by atoms with Crippen LogP contribution in [0.5, 0.6) is 0 Å². The molecular formula is C24H29N3O2. The molecule has 0 atom stereocenters. The Labute approximate surface area is 171 Å². The molecule has 1 aromatic carbocycles. The third-order valence-electron chi connectivity index (χ3n) is 8.11. The predicted octanol–water partition coefficient (Wildman–Crippen LogP) is 3.66. The van der Waals surface area contributed by atoms with Crippen molar-refractivity contribution in [3.8, 4) is 5.69 Å². The lowest BCUT2D eigenvalue weighted by atomic mass is 9.49. The van der Waals surface area contributed by atoms with Gasteiger partial charge in [0, 0.05) is 25.1 Å². The maximum absolute atomic E-state index is 13.3. The van der Waals surface area contributed by atoms with Crippen LogP contribution < -0.4 is 5.56 Å². The zero-order valence-electron chi connectivity index (χ0n) is 16.9. The molecule has 0 radical (unpaired) electrons. The summed E-state index contributed by atoms with van der Waals surface area (Å²) in [6, 6.07) is 9.67. The highest BCUT2D eigenvalue weighted by Crippen LogP contribution is 2.61. The average molecular weight is 392 g/mol. The highest BCUT2D eigenvalue weighted by Gasteiger charge is 2.51. The van der Waals surface area contributed by atoms with Crippen molar-refractivity contribution in [1.29, 1.82) is 0 Å². The van der Waals surface area contributed by atoms with Crippen LogP contribution in [0.25, 0.3) is 5.69 Å². The second-order valence-electron chi connectivity index (χ2n) is 10.2. The number of aromatic amines is 1. The minimum atomic E-state index is -0.0153. The van der Waals surface area contributed by atoms with Crippen LogP contribution in [0.4, 0.5) is 0 Å². The average Bonchev–Trinajstić information content (AvgIpc) is 3.03. The SMILES string of the molecule is O=C(CC12CC3CC(CC(C3)C1)C2)N1CCc2[nH]n(-c3ccccc3)c(=O)c2C1. The van der Waals surface area contributed by atoms with Crippen molar-refractivity contribution in [2.24, 2.45) is 23.2 Å². The second kappa shape index (κ2) is 6.35. The van der Waals surface area contributed by atoms with E-state index in [1.165, 1.54) is 38.5 Å². The first-order valence-electron chi connectivity index (χ1n) is 11.2. The van der Waals surface area contributed by atoms with Crippen LogP contribution in [0.3, 0.4) is 0 Å². The van der Waals surface area contributed by atoms with E-state index in [2.05, 4.69) is 5.10 Å². The molecule has 152 valence electrons. The Bertz CT molecular complexity index is 968. The number of fused-ring (bicyclic) bond motifs is 1. The minimum Gasteiger partial charge on any atom is -0.338 e. The predicted molar refractivity (Wildman–Crippen MR) is 111 cm³/mol. The number of para-hydroxylation sites is 1. The summed E-state index contributed by atoms with van der Waals surface area (Å²) in [5, 5.41) is 3.27. The van der Waals surface area contributed by atoms with Gasteiger partial charge >= 0.3 is 0 Å². The van der Waals surface area contributed by atoms with E-state index in [-0.39, 0.29) is 16.9 Å². The summed E-state index contributed by atoms with van der Waals surface area (Å²) < 4.78 is 1.62. The van der Waals surface area contributed by atoms with Crippen LogP contribution in [0.2, 0.25) is 0 Å². The Morgan fingerprint density at radius 3 is 2.34 bits per heavy atom. The quantitative estimate of drug-likeness (QED) is 0.868. The van der Waals surface area contributed by atoms with Gasteiger partial charge in [0.05, 0.1) is 17.8 Å². The van der Waals surface area contributed by atoms with Gasteiger partial charge in [-0.1, -0.05) is 18.2 Å². The van der Waals surface area contributed by atoms with Gasteiger partial charge in [0.15, 0.2) is 0 Å². The number of nitrogens with zero attached hydrogens (tertiary/aromatic N) is 2. The molecule has 7 rings (SSSR count). The lowest BCUT2D eigenvalue weighted by molar-refractivity contribution is -0.140. The number of H-pyrrole nitrogens is 1. The molecule has 4 aliphatic carbocycles. The zero-order valence-corrected chi connectivity index (χ0v) is 16.9. The van der Waals surface area contributed by atoms with E-state index in [1.54, 1.807) is 4.68 Å². The van der Waals surface area contributed by atoms with Crippen molar-refractivity contribution < 1.29 is 4.79 Å². The minimum absolute atomic E-state index is 0.0153. The first-order valence-corrected chi connectivity index (χ1v) is 11.2. The van der Waals surface area contributed by atoms with Gasteiger partial charge in [-0.15, -0.1) is 0 Å². The van der Waals surface area contributed by atoms with E-state index in [0.29, 0.717) is 19.5 Å².